The molecule has 3 aromatic carbocycles. The second-order valence-corrected chi connectivity index (χ2v) is 16.0. The number of rotatable bonds is 12. The number of amides is 3. The highest BCUT2D eigenvalue weighted by Gasteiger charge is 2.25. The smallest absolute Gasteiger partial charge is 0.410 e. The van der Waals surface area contributed by atoms with E-state index in [0.717, 1.165) is 81.9 Å². The fourth-order valence-corrected chi connectivity index (χ4v) is 7.71. The van der Waals surface area contributed by atoms with Crippen LogP contribution in [-0.4, -0.2) is 97.7 Å². The lowest BCUT2D eigenvalue weighted by Gasteiger charge is -2.27. The van der Waals surface area contributed by atoms with E-state index in [0.29, 0.717) is 35.6 Å². The Morgan fingerprint density at radius 3 is 2.42 bits per heavy atom. The Bertz CT molecular complexity index is 2020. The molecule has 0 radical (unpaired) electrons. The molecule has 302 valence electrons. The summed E-state index contributed by atoms with van der Waals surface area (Å²) < 4.78 is 5.60. The molecule has 1 atom stereocenters. The third kappa shape index (κ3) is 10.7. The molecule has 2 aliphatic rings. The van der Waals surface area contributed by atoms with Gasteiger partial charge in [0.25, 0.3) is 11.8 Å². The average molecular weight is 774 g/mol. The van der Waals surface area contributed by atoms with Crippen LogP contribution >= 0.6 is 0 Å². The maximum atomic E-state index is 13.9. The van der Waals surface area contributed by atoms with Crippen molar-refractivity contribution in [2.24, 2.45) is 0 Å². The minimum Gasteiger partial charge on any atom is -0.444 e. The van der Waals surface area contributed by atoms with Gasteiger partial charge in [0.15, 0.2) is 0 Å². The molecule has 3 amide bonds. The molecule has 1 aromatic heterocycles. The molecule has 0 saturated carbocycles. The van der Waals surface area contributed by atoms with Crippen molar-refractivity contribution in [3.63, 3.8) is 0 Å². The Kier molecular flexibility index (Phi) is 13.5. The molecule has 0 spiro atoms. The van der Waals surface area contributed by atoms with Crippen molar-refractivity contribution in [1.29, 1.82) is 0 Å². The summed E-state index contributed by atoms with van der Waals surface area (Å²) >= 11 is 0. The number of nitrogens with zero attached hydrogens (tertiary/aromatic N) is 5. The largest absolute Gasteiger partial charge is 0.444 e. The summed E-state index contributed by atoms with van der Waals surface area (Å²) in [6, 6.07) is 25.5. The first-order valence-electron chi connectivity index (χ1n) is 20.5. The van der Waals surface area contributed by atoms with Crippen LogP contribution in [0.1, 0.15) is 91.8 Å². The van der Waals surface area contributed by atoms with Gasteiger partial charge in [-0.05, 0) is 127 Å². The van der Waals surface area contributed by atoms with Gasteiger partial charge in [-0.3, -0.25) is 19.5 Å². The maximum absolute atomic E-state index is 13.9. The molecule has 11 nitrogen and oxygen atoms in total. The first-order valence-corrected chi connectivity index (χ1v) is 20.5. The lowest BCUT2D eigenvalue weighted by molar-refractivity contribution is 0.0257. The van der Waals surface area contributed by atoms with Crippen molar-refractivity contribution >= 4 is 35.0 Å². The van der Waals surface area contributed by atoms with Gasteiger partial charge in [-0.1, -0.05) is 30.3 Å². The second kappa shape index (κ2) is 18.7. The number of hydrogen-bond donors (Lipinski definition) is 2. The Balaban J connectivity index is 1.15. The number of nitrogens with one attached hydrogen (secondary N) is 2. The molecule has 0 unspecified atom stereocenters. The molecule has 11 heteroatoms. The van der Waals surface area contributed by atoms with Crippen LogP contribution in [0, 0.1) is 0 Å². The Labute approximate surface area is 338 Å². The summed E-state index contributed by atoms with van der Waals surface area (Å²) in [6.45, 7) is 16.1. The van der Waals surface area contributed by atoms with E-state index in [9.17, 15) is 14.4 Å². The zero-order valence-corrected chi connectivity index (χ0v) is 34.5. The zero-order chi connectivity index (χ0) is 40.5. The topological polar surface area (TPSA) is 110 Å². The minimum atomic E-state index is -0.513. The van der Waals surface area contributed by atoms with E-state index in [-0.39, 0.29) is 23.9 Å². The predicted octanol–water partition coefficient (Wildman–Crippen LogP) is 8.03. The third-order valence-corrected chi connectivity index (χ3v) is 10.9. The van der Waals surface area contributed by atoms with Crippen LogP contribution in [0.3, 0.4) is 0 Å². The highest BCUT2D eigenvalue weighted by Crippen LogP contribution is 2.33. The summed E-state index contributed by atoms with van der Waals surface area (Å²) in [6.07, 6.45) is 5.25. The van der Waals surface area contributed by atoms with Gasteiger partial charge >= 0.3 is 6.09 Å². The monoisotopic (exact) mass is 773 g/mol. The van der Waals surface area contributed by atoms with Gasteiger partial charge in [-0.2, -0.15) is 0 Å². The zero-order valence-electron chi connectivity index (χ0n) is 34.5. The van der Waals surface area contributed by atoms with Crippen molar-refractivity contribution in [3.8, 4) is 11.3 Å². The Morgan fingerprint density at radius 2 is 1.63 bits per heavy atom. The van der Waals surface area contributed by atoms with E-state index in [1.165, 1.54) is 11.1 Å². The van der Waals surface area contributed by atoms with Crippen molar-refractivity contribution in [2.45, 2.75) is 71.9 Å². The van der Waals surface area contributed by atoms with Gasteiger partial charge in [0.1, 0.15) is 5.60 Å². The standard InChI is InChI=1S/C46H59N7O4/c1-7-52(8-2)37-20-21-41(39(32-37)42-31-35(22-23-47-42)44(55)48-40-19-12-15-33-14-9-10-18-38(33)40)49-43(54)34-16-11-17-36(30-34)50(6)26-27-51-24-13-25-53(29-28-51)45(56)57-46(3,4)5/h9-11,14,16-18,20-23,30-32,40H,7-8,12-13,15,19,24-29H2,1-6H3,(H,48,55)(H,49,54)/t40-/m0/s1. The molecule has 1 fully saturated rings. The first-order chi connectivity index (χ1) is 27.4. The summed E-state index contributed by atoms with van der Waals surface area (Å²) in [4.78, 5) is 53.6. The predicted molar refractivity (Wildman–Crippen MR) is 229 cm³/mol. The fourth-order valence-electron chi connectivity index (χ4n) is 7.71. The van der Waals surface area contributed by atoms with E-state index in [1.54, 1.807) is 17.2 Å². The van der Waals surface area contributed by atoms with Crippen LogP contribution in [-0.2, 0) is 11.2 Å². The second-order valence-electron chi connectivity index (χ2n) is 16.0. The normalized spacial score (nSPS) is 15.9. The fraction of sp³-hybridized carbons (Fsp3) is 0.435. The van der Waals surface area contributed by atoms with Crippen LogP contribution in [0.15, 0.2) is 85.1 Å². The highest BCUT2D eigenvalue weighted by atomic mass is 16.6. The molecular formula is C46H59N7O4. The third-order valence-electron chi connectivity index (χ3n) is 10.9. The van der Waals surface area contributed by atoms with Crippen LogP contribution in [0.2, 0.25) is 0 Å². The van der Waals surface area contributed by atoms with E-state index in [1.807, 2.05) is 82.4 Å². The summed E-state index contributed by atoms with van der Waals surface area (Å²) in [5.74, 6) is -0.382. The Hall–Kier alpha value is -5.42. The summed E-state index contributed by atoms with van der Waals surface area (Å²) in [5.41, 5.74) is 6.91. The number of benzene rings is 3. The van der Waals surface area contributed by atoms with Crippen LogP contribution in [0.5, 0.6) is 0 Å². The number of carbonyl (C=O) groups is 3. The molecule has 1 aliphatic carbocycles. The first kappa shape index (κ1) is 41.2. The van der Waals surface area contributed by atoms with Crippen molar-refractivity contribution < 1.29 is 19.1 Å². The number of likely N-dealkylation sites (N-methyl/N-ethyl adjacent to an activating group) is 1. The summed E-state index contributed by atoms with van der Waals surface area (Å²) in [7, 11) is 2.04. The molecule has 2 heterocycles. The molecule has 2 N–H and O–H groups in total. The quantitative estimate of drug-likeness (QED) is 0.149. The minimum absolute atomic E-state index is 0.0409. The van der Waals surface area contributed by atoms with Crippen LogP contribution < -0.4 is 20.4 Å². The van der Waals surface area contributed by atoms with Gasteiger partial charge in [0.2, 0.25) is 0 Å². The number of hydrogen-bond acceptors (Lipinski definition) is 8. The van der Waals surface area contributed by atoms with Crippen molar-refractivity contribution in [2.75, 3.05) is 74.5 Å². The lowest BCUT2D eigenvalue weighted by Crippen LogP contribution is -2.40. The van der Waals surface area contributed by atoms with E-state index in [4.69, 9.17) is 9.72 Å². The number of carbonyl (C=O) groups excluding carboxylic acids is 3. The number of pyridine rings is 1. The van der Waals surface area contributed by atoms with E-state index < -0.39 is 5.60 Å². The number of ether oxygens (including phenoxy) is 1. The molecule has 4 aromatic rings. The van der Waals surface area contributed by atoms with Crippen LogP contribution in [0.25, 0.3) is 11.3 Å². The molecule has 6 rings (SSSR count). The number of aromatic nitrogens is 1. The van der Waals surface area contributed by atoms with Crippen molar-refractivity contribution in [3.05, 3.63) is 107 Å². The van der Waals surface area contributed by atoms with E-state index >= 15 is 0 Å². The van der Waals surface area contributed by atoms with Crippen LogP contribution in [0.4, 0.5) is 21.9 Å². The number of anilines is 3. The highest BCUT2D eigenvalue weighted by molar-refractivity contribution is 6.07. The van der Waals surface area contributed by atoms with Crippen molar-refractivity contribution in [1.82, 2.24) is 20.1 Å². The molecule has 1 aliphatic heterocycles. The van der Waals surface area contributed by atoms with Gasteiger partial charge in [0, 0.05) is 87.1 Å². The van der Waals surface area contributed by atoms with E-state index in [2.05, 4.69) is 57.4 Å². The van der Waals surface area contributed by atoms with Gasteiger partial charge < -0.3 is 30.1 Å². The number of aryl methyl sites for hydroxylation is 1. The van der Waals surface area contributed by atoms with Gasteiger partial charge in [-0.25, -0.2) is 4.79 Å². The molecular weight excluding hydrogens is 715 g/mol. The number of fused-ring (bicyclic) bond motifs is 1. The average Bonchev–Trinajstić information content (AvgIpc) is 3.46. The lowest BCUT2D eigenvalue weighted by atomic mass is 9.87. The molecule has 1 saturated heterocycles. The molecule has 57 heavy (non-hydrogen) atoms. The maximum Gasteiger partial charge on any atom is 0.410 e. The van der Waals surface area contributed by atoms with Gasteiger partial charge in [-0.15, -0.1) is 0 Å². The Morgan fingerprint density at radius 1 is 0.842 bits per heavy atom. The SMILES string of the molecule is CCN(CC)c1ccc(NC(=O)c2cccc(N(C)CCN3CCCN(C(=O)OC(C)(C)C)CC3)c2)c(-c2cc(C(=O)N[C@H]3CCCc4ccccc43)ccn2)c1. The summed E-state index contributed by atoms with van der Waals surface area (Å²) in [5, 5.41) is 6.44. The van der Waals surface area contributed by atoms with Gasteiger partial charge in [0.05, 0.1) is 17.4 Å². The molecule has 0 bridgehead atoms.